The third kappa shape index (κ3) is 2.55. The van der Waals surface area contributed by atoms with Crippen LogP contribution in [0.5, 0.6) is 0 Å². The van der Waals surface area contributed by atoms with E-state index in [1.807, 2.05) is 0 Å². The zero-order valence-corrected chi connectivity index (χ0v) is 7.68. The third-order valence-corrected chi connectivity index (χ3v) is 1.79. The lowest BCUT2D eigenvalue weighted by Gasteiger charge is -2.21. The van der Waals surface area contributed by atoms with Crippen molar-refractivity contribution in [3.63, 3.8) is 0 Å². The Balaban J connectivity index is 2.61. The van der Waals surface area contributed by atoms with Crippen molar-refractivity contribution in [2.45, 2.75) is 13.0 Å². The highest BCUT2D eigenvalue weighted by molar-refractivity contribution is 5.96. The van der Waals surface area contributed by atoms with Crippen molar-refractivity contribution in [2.75, 3.05) is 13.6 Å². The van der Waals surface area contributed by atoms with Gasteiger partial charge in [0.1, 0.15) is 5.82 Å². The Morgan fingerprint density at radius 1 is 1.69 bits per heavy atom. The minimum Gasteiger partial charge on any atom is -0.369 e. The van der Waals surface area contributed by atoms with E-state index in [0.717, 1.165) is 0 Å². The maximum atomic E-state index is 11.3. The first kappa shape index (κ1) is 9.73. The molecule has 1 unspecified atom stereocenters. The molecule has 0 saturated carbocycles. The van der Waals surface area contributed by atoms with E-state index in [2.05, 4.69) is 16.0 Å². The summed E-state index contributed by atoms with van der Waals surface area (Å²) in [5.41, 5.74) is 0. The molecule has 1 aliphatic heterocycles. The molecular weight excluding hydrogens is 170 g/mol. The summed E-state index contributed by atoms with van der Waals surface area (Å²) >= 11 is 0. The molecule has 1 atom stereocenters. The Morgan fingerprint density at radius 2 is 2.38 bits per heavy atom. The van der Waals surface area contributed by atoms with Gasteiger partial charge in [-0.05, 0) is 7.05 Å². The number of amides is 1. The Morgan fingerprint density at radius 3 is 2.85 bits per heavy atom. The van der Waals surface area contributed by atoms with E-state index in [4.69, 9.17) is 0 Å². The molecule has 0 aromatic carbocycles. The highest BCUT2D eigenvalue weighted by Gasteiger charge is 2.20. The van der Waals surface area contributed by atoms with Crippen LogP contribution in [0.4, 0.5) is 0 Å². The van der Waals surface area contributed by atoms with E-state index < -0.39 is 0 Å². The SMILES string of the molecule is CNC1CNC(NC(C)=O)=CC1=O. The Bertz CT molecular complexity index is 260. The average Bonchev–Trinajstić information content (AvgIpc) is 2.03. The van der Waals surface area contributed by atoms with Gasteiger partial charge < -0.3 is 16.0 Å². The lowest BCUT2D eigenvalue weighted by atomic mass is 10.1. The van der Waals surface area contributed by atoms with Crippen molar-refractivity contribution in [1.82, 2.24) is 16.0 Å². The van der Waals surface area contributed by atoms with Crippen LogP contribution >= 0.6 is 0 Å². The van der Waals surface area contributed by atoms with Crippen LogP contribution in [0.1, 0.15) is 6.92 Å². The molecule has 0 fully saturated rings. The van der Waals surface area contributed by atoms with Crippen LogP contribution in [-0.4, -0.2) is 31.3 Å². The lowest BCUT2D eigenvalue weighted by Crippen LogP contribution is -2.48. The number of carbonyl (C=O) groups is 2. The predicted octanol–water partition coefficient (Wildman–Crippen LogP) is -1.28. The van der Waals surface area contributed by atoms with Crippen LogP contribution in [0, 0.1) is 0 Å². The molecule has 1 heterocycles. The van der Waals surface area contributed by atoms with E-state index in [0.29, 0.717) is 12.4 Å². The quantitative estimate of drug-likeness (QED) is 0.499. The van der Waals surface area contributed by atoms with Crippen LogP contribution in [0.15, 0.2) is 11.9 Å². The summed E-state index contributed by atoms with van der Waals surface area (Å²) in [6, 6.07) is -0.197. The van der Waals surface area contributed by atoms with Gasteiger partial charge in [0.2, 0.25) is 5.91 Å². The highest BCUT2D eigenvalue weighted by atomic mass is 16.1. The standard InChI is InChI=1S/C8H13N3O2/c1-5(12)11-8-3-7(13)6(9-2)4-10-8/h3,6,9-10H,4H2,1-2H3,(H,11,12). The summed E-state index contributed by atoms with van der Waals surface area (Å²) in [6.45, 7) is 1.90. The zero-order valence-electron chi connectivity index (χ0n) is 7.68. The van der Waals surface area contributed by atoms with Crippen molar-refractivity contribution >= 4 is 11.7 Å². The van der Waals surface area contributed by atoms with Crippen LogP contribution in [0.2, 0.25) is 0 Å². The molecule has 0 spiro atoms. The molecule has 5 nitrogen and oxygen atoms in total. The van der Waals surface area contributed by atoms with Gasteiger partial charge >= 0.3 is 0 Å². The fourth-order valence-corrected chi connectivity index (χ4v) is 1.12. The predicted molar refractivity (Wildman–Crippen MR) is 47.8 cm³/mol. The van der Waals surface area contributed by atoms with Crippen LogP contribution < -0.4 is 16.0 Å². The van der Waals surface area contributed by atoms with Crippen molar-refractivity contribution in [2.24, 2.45) is 0 Å². The van der Waals surface area contributed by atoms with Gasteiger partial charge in [-0.15, -0.1) is 0 Å². The molecule has 0 aliphatic carbocycles. The van der Waals surface area contributed by atoms with Crippen molar-refractivity contribution in [3.8, 4) is 0 Å². The maximum absolute atomic E-state index is 11.3. The highest BCUT2D eigenvalue weighted by Crippen LogP contribution is 1.97. The number of likely N-dealkylation sites (N-methyl/N-ethyl adjacent to an activating group) is 1. The molecule has 0 aromatic heterocycles. The van der Waals surface area contributed by atoms with Crippen LogP contribution in [0.25, 0.3) is 0 Å². The number of carbonyl (C=O) groups excluding carboxylic acids is 2. The second-order valence-corrected chi connectivity index (χ2v) is 2.86. The van der Waals surface area contributed by atoms with Crippen LogP contribution in [-0.2, 0) is 9.59 Å². The van der Waals surface area contributed by atoms with E-state index in [1.165, 1.54) is 13.0 Å². The van der Waals surface area contributed by atoms with E-state index in [9.17, 15) is 9.59 Å². The summed E-state index contributed by atoms with van der Waals surface area (Å²) in [5.74, 6) is 0.267. The summed E-state index contributed by atoms with van der Waals surface area (Å²) in [4.78, 5) is 21.9. The number of nitrogens with one attached hydrogen (secondary N) is 3. The third-order valence-electron chi connectivity index (χ3n) is 1.79. The molecule has 3 N–H and O–H groups in total. The molecule has 1 rings (SSSR count). The van der Waals surface area contributed by atoms with Gasteiger partial charge in [0.15, 0.2) is 5.78 Å². The number of ketones is 1. The fraction of sp³-hybridized carbons (Fsp3) is 0.500. The molecule has 0 saturated heterocycles. The first-order valence-electron chi connectivity index (χ1n) is 4.07. The molecule has 72 valence electrons. The molecule has 0 bridgehead atoms. The van der Waals surface area contributed by atoms with Gasteiger partial charge in [-0.3, -0.25) is 9.59 Å². The van der Waals surface area contributed by atoms with Crippen LogP contribution in [0.3, 0.4) is 0 Å². The molecule has 1 aliphatic rings. The molecule has 5 heteroatoms. The normalized spacial score (nSPS) is 21.8. The summed E-state index contributed by atoms with van der Waals surface area (Å²) in [7, 11) is 1.72. The largest absolute Gasteiger partial charge is 0.369 e. The smallest absolute Gasteiger partial charge is 0.222 e. The topological polar surface area (TPSA) is 70.2 Å². The van der Waals surface area contributed by atoms with Gasteiger partial charge in [-0.2, -0.15) is 0 Å². The first-order valence-corrected chi connectivity index (χ1v) is 4.07. The fourth-order valence-electron chi connectivity index (χ4n) is 1.12. The maximum Gasteiger partial charge on any atom is 0.222 e. The Hall–Kier alpha value is -1.36. The summed E-state index contributed by atoms with van der Waals surface area (Å²) < 4.78 is 0. The Kier molecular flexibility index (Phi) is 3.02. The van der Waals surface area contributed by atoms with Gasteiger partial charge in [0.25, 0.3) is 0 Å². The number of hydrogen-bond acceptors (Lipinski definition) is 4. The van der Waals surface area contributed by atoms with Crippen molar-refractivity contribution in [1.29, 1.82) is 0 Å². The van der Waals surface area contributed by atoms with E-state index in [-0.39, 0.29) is 17.7 Å². The second-order valence-electron chi connectivity index (χ2n) is 2.86. The molecule has 0 aromatic rings. The zero-order chi connectivity index (χ0) is 9.84. The average molecular weight is 183 g/mol. The molecule has 13 heavy (non-hydrogen) atoms. The Labute approximate surface area is 76.6 Å². The minimum absolute atomic E-state index is 0.0231. The van der Waals surface area contributed by atoms with E-state index in [1.54, 1.807) is 7.05 Å². The number of hydrogen-bond donors (Lipinski definition) is 3. The molecule has 1 amide bonds. The molecule has 0 radical (unpaired) electrons. The summed E-state index contributed by atoms with van der Waals surface area (Å²) in [6.07, 6.45) is 1.39. The second kappa shape index (κ2) is 4.04. The van der Waals surface area contributed by atoms with Crippen molar-refractivity contribution in [3.05, 3.63) is 11.9 Å². The van der Waals surface area contributed by atoms with Gasteiger partial charge in [-0.25, -0.2) is 0 Å². The summed E-state index contributed by atoms with van der Waals surface area (Å²) in [5, 5.41) is 8.31. The first-order chi connectivity index (χ1) is 6.13. The van der Waals surface area contributed by atoms with Gasteiger partial charge in [0, 0.05) is 19.5 Å². The monoisotopic (exact) mass is 183 g/mol. The van der Waals surface area contributed by atoms with E-state index >= 15 is 0 Å². The van der Waals surface area contributed by atoms with Crippen molar-refractivity contribution < 1.29 is 9.59 Å². The van der Waals surface area contributed by atoms with Gasteiger partial charge in [-0.1, -0.05) is 0 Å². The minimum atomic E-state index is -0.197. The number of rotatable bonds is 2. The lowest BCUT2D eigenvalue weighted by molar-refractivity contribution is -0.118. The molecular formula is C8H13N3O2. The van der Waals surface area contributed by atoms with Gasteiger partial charge in [0.05, 0.1) is 6.04 Å².